The lowest BCUT2D eigenvalue weighted by atomic mass is 10.1. The summed E-state index contributed by atoms with van der Waals surface area (Å²) < 4.78 is 1.86. The Balaban J connectivity index is 1.83. The van der Waals surface area contributed by atoms with Crippen LogP contribution in [0.25, 0.3) is 0 Å². The molecule has 0 bridgehead atoms. The zero-order valence-electron chi connectivity index (χ0n) is 13.3. The first-order chi connectivity index (χ1) is 10.7. The van der Waals surface area contributed by atoms with Crippen LogP contribution in [-0.4, -0.2) is 46.8 Å². The summed E-state index contributed by atoms with van der Waals surface area (Å²) in [5.41, 5.74) is 1.83. The third-order valence-electron chi connectivity index (χ3n) is 3.73. The zero-order valence-corrected chi connectivity index (χ0v) is 13.3. The smallest absolute Gasteiger partial charge is 0.251 e. The molecule has 118 valence electrons. The lowest BCUT2D eigenvalue weighted by Gasteiger charge is -2.17. The number of rotatable bonds is 8. The lowest BCUT2D eigenvalue weighted by Crippen LogP contribution is -2.34. The van der Waals surface area contributed by atoms with Gasteiger partial charge in [0.05, 0.1) is 6.54 Å². The number of amides is 1. The number of hydrogen-bond acceptors (Lipinski definition) is 3. The quantitative estimate of drug-likeness (QED) is 0.811. The fraction of sp³-hybridized carbons (Fsp3) is 0.412. The first kappa shape index (κ1) is 16.2. The molecule has 0 aliphatic carbocycles. The molecule has 0 saturated heterocycles. The lowest BCUT2D eigenvalue weighted by molar-refractivity contribution is 0.0949. The second-order valence-electron chi connectivity index (χ2n) is 5.18. The van der Waals surface area contributed by atoms with E-state index in [-0.39, 0.29) is 5.91 Å². The average Bonchev–Trinajstić information content (AvgIpc) is 3.05. The van der Waals surface area contributed by atoms with E-state index in [1.54, 1.807) is 6.20 Å². The van der Waals surface area contributed by atoms with Crippen molar-refractivity contribution in [2.75, 3.05) is 26.2 Å². The third-order valence-corrected chi connectivity index (χ3v) is 3.73. The van der Waals surface area contributed by atoms with Gasteiger partial charge in [-0.3, -0.25) is 9.48 Å². The van der Waals surface area contributed by atoms with Crippen LogP contribution in [0.2, 0.25) is 0 Å². The summed E-state index contributed by atoms with van der Waals surface area (Å²) in [5, 5.41) is 7.14. The summed E-state index contributed by atoms with van der Waals surface area (Å²) >= 11 is 0. The van der Waals surface area contributed by atoms with Crippen molar-refractivity contribution in [2.45, 2.75) is 20.4 Å². The normalized spacial score (nSPS) is 10.9. The molecule has 0 atom stereocenters. The molecule has 5 nitrogen and oxygen atoms in total. The molecule has 1 amide bonds. The molecule has 1 N–H and O–H groups in total. The van der Waals surface area contributed by atoms with Crippen molar-refractivity contribution in [2.24, 2.45) is 0 Å². The Labute approximate surface area is 131 Å². The van der Waals surface area contributed by atoms with Gasteiger partial charge in [-0.15, -0.1) is 0 Å². The summed E-state index contributed by atoms with van der Waals surface area (Å²) in [6, 6.07) is 9.58. The minimum Gasteiger partial charge on any atom is -0.351 e. The molecule has 1 aromatic carbocycles. The van der Waals surface area contributed by atoms with Crippen molar-refractivity contribution in [1.29, 1.82) is 0 Å². The second-order valence-corrected chi connectivity index (χ2v) is 5.18. The van der Waals surface area contributed by atoms with Crippen LogP contribution < -0.4 is 5.32 Å². The second kappa shape index (κ2) is 8.34. The van der Waals surface area contributed by atoms with Crippen molar-refractivity contribution in [1.82, 2.24) is 20.0 Å². The van der Waals surface area contributed by atoms with Crippen LogP contribution in [-0.2, 0) is 6.54 Å². The van der Waals surface area contributed by atoms with Gasteiger partial charge in [0.2, 0.25) is 0 Å². The first-order valence-electron chi connectivity index (χ1n) is 7.79. The maximum Gasteiger partial charge on any atom is 0.251 e. The van der Waals surface area contributed by atoms with Gasteiger partial charge in [-0.05, 0) is 36.9 Å². The minimum atomic E-state index is -0.0159. The number of aromatic nitrogens is 2. The fourth-order valence-electron chi connectivity index (χ4n) is 2.31. The number of nitrogens with zero attached hydrogens (tertiary/aromatic N) is 3. The molecule has 2 aromatic rings. The summed E-state index contributed by atoms with van der Waals surface area (Å²) in [4.78, 5) is 14.4. The molecule has 0 radical (unpaired) electrons. The number of benzene rings is 1. The van der Waals surface area contributed by atoms with E-state index in [1.807, 2.05) is 41.2 Å². The molecule has 0 unspecified atom stereocenters. The Morgan fingerprint density at radius 3 is 2.55 bits per heavy atom. The van der Waals surface area contributed by atoms with Gasteiger partial charge >= 0.3 is 0 Å². The number of hydrogen-bond donors (Lipinski definition) is 1. The minimum absolute atomic E-state index is 0.0159. The molecule has 0 saturated carbocycles. The van der Waals surface area contributed by atoms with E-state index in [0.29, 0.717) is 12.1 Å². The number of carbonyl (C=O) groups excluding carboxylic acids is 1. The Bertz CT molecular complexity index is 559. The molecule has 5 heteroatoms. The van der Waals surface area contributed by atoms with E-state index in [2.05, 4.69) is 29.2 Å². The maximum absolute atomic E-state index is 12.1. The highest BCUT2D eigenvalue weighted by Gasteiger charge is 2.06. The molecule has 1 heterocycles. The highest BCUT2D eigenvalue weighted by atomic mass is 16.1. The molecular formula is C17H24N4O. The van der Waals surface area contributed by atoms with E-state index < -0.39 is 0 Å². The van der Waals surface area contributed by atoms with Crippen molar-refractivity contribution < 1.29 is 4.79 Å². The Morgan fingerprint density at radius 2 is 1.95 bits per heavy atom. The van der Waals surface area contributed by atoms with E-state index in [4.69, 9.17) is 0 Å². The standard InChI is InChI=1S/C17H24N4O/c1-3-20(4-2)13-11-18-17(22)16-8-6-15(7-9-16)14-21-12-5-10-19-21/h5-10,12H,3-4,11,13-14H2,1-2H3,(H,18,22). The Morgan fingerprint density at radius 1 is 1.23 bits per heavy atom. The van der Waals surface area contributed by atoms with Crippen molar-refractivity contribution in [3.63, 3.8) is 0 Å². The van der Waals surface area contributed by atoms with Gasteiger partial charge in [0.1, 0.15) is 0 Å². The van der Waals surface area contributed by atoms with Crippen LogP contribution in [0.5, 0.6) is 0 Å². The zero-order chi connectivity index (χ0) is 15.8. The Hall–Kier alpha value is -2.14. The van der Waals surface area contributed by atoms with E-state index in [0.717, 1.165) is 31.7 Å². The highest BCUT2D eigenvalue weighted by Crippen LogP contribution is 2.06. The Kier molecular flexibility index (Phi) is 6.15. The fourth-order valence-corrected chi connectivity index (χ4v) is 2.31. The van der Waals surface area contributed by atoms with Crippen LogP contribution >= 0.6 is 0 Å². The largest absolute Gasteiger partial charge is 0.351 e. The summed E-state index contributed by atoms with van der Waals surface area (Å²) in [6.07, 6.45) is 3.69. The molecule has 0 spiro atoms. The van der Waals surface area contributed by atoms with Crippen LogP contribution in [0.1, 0.15) is 29.8 Å². The molecule has 2 rings (SSSR count). The molecule has 1 aromatic heterocycles. The van der Waals surface area contributed by atoms with Crippen LogP contribution in [0, 0.1) is 0 Å². The van der Waals surface area contributed by atoms with Crippen molar-refractivity contribution >= 4 is 5.91 Å². The maximum atomic E-state index is 12.1. The molecule has 0 aliphatic heterocycles. The van der Waals surface area contributed by atoms with Gasteiger partial charge < -0.3 is 10.2 Å². The molecule has 0 fully saturated rings. The molecule has 0 aliphatic rings. The molecule has 22 heavy (non-hydrogen) atoms. The predicted molar refractivity (Wildman–Crippen MR) is 87.9 cm³/mol. The first-order valence-corrected chi connectivity index (χ1v) is 7.79. The van der Waals surface area contributed by atoms with Crippen LogP contribution in [0.3, 0.4) is 0 Å². The summed E-state index contributed by atoms with van der Waals surface area (Å²) in [5.74, 6) is -0.0159. The van der Waals surface area contributed by atoms with Gasteiger partial charge in [0.15, 0.2) is 0 Å². The number of nitrogens with one attached hydrogen (secondary N) is 1. The topological polar surface area (TPSA) is 50.2 Å². The number of carbonyl (C=O) groups is 1. The summed E-state index contributed by atoms with van der Waals surface area (Å²) in [6.45, 7) is 8.55. The molecular weight excluding hydrogens is 276 g/mol. The van der Waals surface area contributed by atoms with E-state index in [1.165, 1.54) is 0 Å². The summed E-state index contributed by atoms with van der Waals surface area (Å²) in [7, 11) is 0. The SMILES string of the molecule is CCN(CC)CCNC(=O)c1ccc(Cn2cccn2)cc1. The highest BCUT2D eigenvalue weighted by molar-refractivity contribution is 5.94. The monoisotopic (exact) mass is 300 g/mol. The van der Waals surface area contributed by atoms with Gasteiger partial charge in [0, 0.05) is 31.0 Å². The van der Waals surface area contributed by atoms with Gasteiger partial charge in [0.25, 0.3) is 5.91 Å². The van der Waals surface area contributed by atoms with E-state index >= 15 is 0 Å². The van der Waals surface area contributed by atoms with Gasteiger partial charge in [-0.2, -0.15) is 5.10 Å². The van der Waals surface area contributed by atoms with Gasteiger partial charge in [-0.25, -0.2) is 0 Å². The number of likely N-dealkylation sites (N-methyl/N-ethyl adjacent to an activating group) is 1. The van der Waals surface area contributed by atoms with Crippen molar-refractivity contribution in [3.8, 4) is 0 Å². The average molecular weight is 300 g/mol. The van der Waals surface area contributed by atoms with Crippen LogP contribution in [0.4, 0.5) is 0 Å². The third kappa shape index (κ3) is 4.70. The predicted octanol–water partition coefficient (Wildman–Crippen LogP) is 2.00. The van der Waals surface area contributed by atoms with Gasteiger partial charge in [-0.1, -0.05) is 26.0 Å². The van der Waals surface area contributed by atoms with Crippen LogP contribution in [0.15, 0.2) is 42.7 Å². The van der Waals surface area contributed by atoms with Crippen molar-refractivity contribution in [3.05, 3.63) is 53.9 Å². The van der Waals surface area contributed by atoms with E-state index in [9.17, 15) is 4.79 Å².